The van der Waals surface area contributed by atoms with Crippen LogP contribution in [0.15, 0.2) is 25.3 Å². The highest BCUT2D eigenvalue weighted by molar-refractivity contribution is 5.81. The summed E-state index contributed by atoms with van der Waals surface area (Å²) in [4.78, 5) is 22.5. The molecule has 0 aliphatic rings. The van der Waals surface area contributed by atoms with E-state index in [0.717, 1.165) is 12.2 Å². The smallest absolute Gasteiger partial charge is 0.330 e. The average Bonchev–Trinajstić information content (AvgIpc) is 3.54. The van der Waals surface area contributed by atoms with Crippen LogP contribution >= 0.6 is 0 Å². The topological polar surface area (TPSA) is 228 Å². The summed E-state index contributed by atoms with van der Waals surface area (Å²) in [6, 6.07) is 0. The number of hydrogen-bond acceptors (Lipinski definition) is 23. The van der Waals surface area contributed by atoms with Gasteiger partial charge in [-0.05, 0) is 138 Å². The minimum atomic E-state index is -0.475. The summed E-state index contributed by atoms with van der Waals surface area (Å²) in [5.74, 6) is -0.949. The molecule has 0 aromatic carbocycles. The van der Waals surface area contributed by atoms with E-state index in [4.69, 9.17) is 99.5 Å². The van der Waals surface area contributed by atoms with Crippen molar-refractivity contribution in [3.05, 3.63) is 25.3 Å². The molecular formula is C66H126O23. The summed E-state index contributed by atoms with van der Waals surface area (Å²) in [6.07, 6.45) is -0.719. The highest BCUT2D eigenvalue weighted by Gasteiger charge is 2.20. The molecule has 0 saturated heterocycles. The molecule has 89 heavy (non-hydrogen) atoms. The molecule has 0 heterocycles. The molecule has 528 valence electrons. The quantitative estimate of drug-likeness (QED) is 0.0410. The fourth-order valence-corrected chi connectivity index (χ4v) is 7.15. The summed E-state index contributed by atoms with van der Waals surface area (Å²) < 4.78 is 123. The average molecular weight is 1290 g/mol. The van der Waals surface area contributed by atoms with Gasteiger partial charge in [-0.25, -0.2) is 9.59 Å². The summed E-state index contributed by atoms with van der Waals surface area (Å²) in [5.41, 5.74) is 0. The minimum absolute atomic E-state index is 0.124. The third-order valence-electron chi connectivity index (χ3n) is 12.8. The molecule has 0 aliphatic carbocycles. The number of rotatable bonds is 62. The van der Waals surface area contributed by atoms with Crippen LogP contribution in [0.4, 0.5) is 0 Å². The zero-order valence-electron chi connectivity index (χ0n) is 58.6. The third-order valence-corrected chi connectivity index (χ3v) is 12.8. The van der Waals surface area contributed by atoms with Gasteiger partial charge in [0.1, 0.15) is 12.7 Å². The highest BCUT2D eigenvalue weighted by Crippen LogP contribution is 2.11. The summed E-state index contributed by atoms with van der Waals surface area (Å²) in [6.45, 7) is 53.6. The Morgan fingerprint density at radius 1 is 0.202 bits per heavy atom. The number of carbonyl (C=O) groups excluding carboxylic acids is 2. The van der Waals surface area contributed by atoms with Crippen LogP contribution in [0.25, 0.3) is 0 Å². The van der Waals surface area contributed by atoms with Crippen molar-refractivity contribution in [3.8, 4) is 0 Å². The Bertz CT molecular complexity index is 1700. The van der Waals surface area contributed by atoms with Gasteiger partial charge in [0.15, 0.2) is 0 Å². The molecule has 20 atom stereocenters. The van der Waals surface area contributed by atoms with Crippen LogP contribution in [-0.4, -0.2) is 266 Å². The number of ether oxygens (including phenoxy) is 21. The van der Waals surface area contributed by atoms with Crippen molar-refractivity contribution < 1.29 is 109 Å². The summed E-state index contributed by atoms with van der Waals surface area (Å²) in [7, 11) is 0. The lowest BCUT2D eigenvalue weighted by Gasteiger charge is -2.24. The Morgan fingerprint density at radius 3 is 0.438 bits per heavy atom. The maximum Gasteiger partial charge on any atom is 0.330 e. The fourth-order valence-electron chi connectivity index (χ4n) is 7.15. The second-order valence-electron chi connectivity index (χ2n) is 24.0. The van der Waals surface area contributed by atoms with Gasteiger partial charge in [-0.3, -0.25) is 0 Å². The van der Waals surface area contributed by atoms with Gasteiger partial charge in [0.25, 0.3) is 0 Å². The Morgan fingerprint density at radius 2 is 0.315 bits per heavy atom. The molecule has 20 unspecified atom stereocenters. The van der Waals surface area contributed by atoms with E-state index in [0.29, 0.717) is 119 Å². The lowest BCUT2D eigenvalue weighted by atomic mass is 10.3. The Balaban J connectivity index is 4.05. The number of carbonyl (C=O) groups is 2. The molecule has 0 aromatic rings. The Hall–Kier alpha value is -2.34. The molecule has 0 bridgehead atoms. The predicted octanol–water partition coefficient (Wildman–Crippen LogP) is 8.53. The normalized spacial score (nSPS) is 18.9. The van der Waals surface area contributed by atoms with Gasteiger partial charge >= 0.3 is 11.9 Å². The van der Waals surface area contributed by atoms with E-state index in [-0.39, 0.29) is 135 Å². The van der Waals surface area contributed by atoms with Gasteiger partial charge in [-0.2, -0.15) is 0 Å². The molecule has 23 heteroatoms. The fraction of sp³-hybridized carbons (Fsp3) is 0.909. The van der Waals surface area contributed by atoms with Crippen molar-refractivity contribution in [2.45, 2.75) is 261 Å². The van der Waals surface area contributed by atoms with Crippen molar-refractivity contribution in [1.29, 1.82) is 0 Å². The van der Waals surface area contributed by atoms with Crippen molar-refractivity contribution in [1.82, 2.24) is 0 Å². The predicted molar refractivity (Wildman–Crippen MR) is 340 cm³/mol. The van der Waals surface area contributed by atoms with Crippen LogP contribution in [0.5, 0.6) is 0 Å². The van der Waals surface area contributed by atoms with Crippen LogP contribution < -0.4 is 0 Å². The molecular weight excluding hydrogens is 1160 g/mol. The van der Waals surface area contributed by atoms with E-state index in [1.165, 1.54) is 0 Å². The van der Waals surface area contributed by atoms with E-state index in [2.05, 4.69) is 13.2 Å². The van der Waals surface area contributed by atoms with Gasteiger partial charge in [0.2, 0.25) is 0 Å². The van der Waals surface area contributed by atoms with E-state index in [9.17, 15) is 9.59 Å². The zero-order chi connectivity index (χ0) is 67.1. The number of hydrogen-bond donors (Lipinski definition) is 0. The van der Waals surface area contributed by atoms with Crippen molar-refractivity contribution in [2.24, 2.45) is 0 Å². The number of esters is 2. The third kappa shape index (κ3) is 53.7. The molecule has 0 amide bonds. The molecule has 0 N–H and O–H groups in total. The van der Waals surface area contributed by atoms with Crippen LogP contribution in [-0.2, 0) is 109 Å². The Labute approximate surface area is 537 Å². The molecule has 23 nitrogen and oxygen atoms in total. The first-order valence-electron chi connectivity index (χ1n) is 32.4. The van der Waals surface area contributed by atoms with Gasteiger partial charge in [-0.15, -0.1) is 0 Å². The van der Waals surface area contributed by atoms with Gasteiger partial charge in [0, 0.05) is 12.2 Å². The van der Waals surface area contributed by atoms with E-state index < -0.39 is 11.9 Å². The molecule has 0 aromatic heterocycles. The van der Waals surface area contributed by atoms with E-state index in [1.54, 1.807) is 6.92 Å². The lowest BCUT2D eigenvalue weighted by molar-refractivity contribution is -0.147. The van der Waals surface area contributed by atoms with Gasteiger partial charge in [0.05, 0.1) is 242 Å². The van der Waals surface area contributed by atoms with Crippen LogP contribution in [0.3, 0.4) is 0 Å². The van der Waals surface area contributed by atoms with Crippen molar-refractivity contribution in [3.63, 3.8) is 0 Å². The second kappa shape index (κ2) is 54.0. The maximum absolute atomic E-state index is 11.3. The molecule has 0 rings (SSSR count). The lowest BCUT2D eigenvalue weighted by Crippen LogP contribution is -2.31. The maximum atomic E-state index is 11.3. The van der Waals surface area contributed by atoms with Crippen LogP contribution in [0.1, 0.15) is 138 Å². The van der Waals surface area contributed by atoms with Crippen LogP contribution in [0, 0.1) is 0 Å². The minimum Gasteiger partial charge on any atom is -0.460 e. The molecule has 0 saturated carbocycles. The van der Waals surface area contributed by atoms with E-state index >= 15 is 0 Å². The molecule has 0 radical (unpaired) electrons. The second-order valence-corrected chi connectivity index (χ2v) is 24.0. The molecule has 0 aliphatic heterocycles. The SMILES string of the molecule is C=CC(=O)OCC(C)OCC(C)OCC(C)OCC(C)OCC(C)OCC(C)OCC(C)OCC(C)OCC(C)OCC(C)OCC(C)OCC(C)OCC(C)OCC(C)OCC(C)OCC(C)OCC(C)OCC(C)OCC(C)OCC(C)OC(=O)C=C. The first kappa shape index (κ1) is 86.7. The van der Waals surface area contributed by atoms with Gasteiger partial charge < -0.3 is 99.5 Å². The van der Waals surface area contributed by atoms with E-state index in [1.807, 2.05) is 132 Å². The molecule has 0 fully saturated rings. The van der Waals surface area contributed by atoms with Crippen molar-refractivity contribution in [2.75, 3.05) is 132 Å². The molecule has 0 spiro atoms. The van der Waals surface area contributed by atoms with Gasteiger partial charge in [-0.1, -0.05) is 13.2 Å². The zero-order valence-corrected chi connectivity index (χ0v) is 58.6. The largest absolute Gasteiger partial charge is 0.460 e. The summed E-state index contributed by atoms with van der Waals surface area (Å²) in [5, 5.41) is 0. The first-order chi connectivity index (χ1) is 42.1. The van der Waals surface area contributed by atoms with Crippen molar-refractivity contribution >= 4 is 11.9 Å². The van der Waals surface area contributed by atoms with Crippen LogP contribution in [0.2, 0.25) is 0 Å². The highest BCUT2D eigenvalue weighted by atomic mass is 16.6. The monoisotopic (exact) mass is 1290 g/mol. The first-order valence-corrected chi connectivity index (χ1v) is 32.4. The Kier molecular flexibility index (Phi) is 52.5. The summed E-state index contributed by atoms with van der Waals surface area (Å²) >= 11 is 0. The standard InChI is InChI=1S/C66H126O23/c1-23-65(67)88-43-63(21)86-41-61(19)84-39-59(17)82-37-57(15)80-35-55(13)78-33-53(11)76-31-51(9)74-29-49(7)72-27-47(5)70-25-45(3)69-26-46(4)71-28-48(6)73-30-50(8)75-32-52(10)77-34-54(12)79-36-56(14)81-38-58(16)83-40-60(18)85-42-62(20)87-44-64(22)89-66(68)24-2/h23-24,45-64H,1-2,25-44H2,3-22H3.